The monoisotopic (exact) mass is 580 g/mol. The Labute approximate surface area is 240 Å². The molecule has 0 amide bonds. The lowest BCUT2D eigenvalue weighted by Crippen LogP contribution is -2.41. The Bertz CT molecular complexity index is 1540. The zero-order valence-corrected chi connectivity index (χ0v) is 22.7. The Balaban J connectivity index is 1.38. The average Bonchev–Trinajstić information content (AvgIpc) is 3.44. The van der Waals surface area contributed by atoms with Crippen LogP contribution in [-0.4, -0.2) is 35.8 Å². The molecule has 220 valence electrons. The first-order valence-electron chi connectivity index (χ1n) is 13.8. The van der Waals surface area contributed by atoms with Crippen molar-refractivity contribution >= 4 is 16.9 Å². The van der Waals surface area contributed by atoms with Crippen molar-refractivity contribution < 1.29 is 32.2 Å². The smallest absolute Gasteiger partial charge is 0.487 e. The highest BCUT2D eigenvalue weighted by Crippen LogP contribution is 2.33. The number of aromatic nitrogens is 1. The summed E-state index contributed by atoms with van der Waals surface area (Å²) in [5, 5.41) is 3.70. The van der Waals surface area contributed by atoms with Gasteiger partial charge in [-0.05, 0) is 42.5 Å². The summed E-state index contributed by atoms with van der Waals surface area (Å²) in [4.78, 5) is 27.0. The van der Waals surface area contributed by atoms with Crippen LogP contribution < -0.4 is 15.6 Å². The van der Waals surface area contributed by atoms with Gasteiger partial charge in [-0.15, -0.1) is 0 Å². The van der Waals surface area contributed by atoms with E-state index in [0.29, 0.717) is 28.8 Å². The van der Waals surface area contributed by atoms with Gasteiger partial charge in [-0.3, -0.25) is 4.79 Å². The normalized spacial score (nSPS) is 17.7. The maximum atomic E-state index is 13.3. The van der Waals surface area contributed by atoms with E-state index in [-0.39, 0.29) is 25.3 Å². The average molecular weight is 581 g/mol. The van der Waals surface area contributed by atoms with Crippen LogP contribution in [0.1, 0.15) is 42.1 Å². The first-order valence-corrected chi connectivity index (χ1v) is 13.8. The molecule has 2 N–H and O–H groups in total. The number of hydrogen-bond donors (Lipinski definition) is 2. The van der Waals surface area contributed by atoms with E-state index >= 15 is 0 Å². The molecule has 0 bridgehead atoms. The largest absolute Gasteiger partial charge is 0.490 e. The molecule has 7 nitrogen and oxygen atoms in total. The fourth-order valence-corrected chi connectivity index (χ4v) is 5.19. The van der Waals surface area contributed by atoms with Crippen LogP contribution in [0.2, 0.25) is 0 Å². The molecule has 1 aliphatic rings. The zero-order valence-electron chi connectivity index (χ0n) is 22.7. The fraction of sp³-hybridized carbons (Fsp3) is 0.312. The number of halogens is 3. The van der Waals surface area contributed by atoms with Crippen LogP contribution in [0.3, 0.4) is 0 Å². The molecular weight excluding hydrogens is 549 g/mol. The Kier molecular flexibility index (Phi) is 9.24. The van der Waals surface area contributed by atoms with E-state index in [9.17, 15) is 22.8 Å². The first-order chi connectivity index (χ1) is 20.3. The van der Waals surface area contributed by atoms with Crippen LogP contribution in [0.15, 0.2) is 89.7 Å². The van der Waals surface area contributed by atoms with E-state index in [1.54, 1.807) is 12.1 Å². The van der Waals surface area contributed by atoms with Crippen LogP contribution in [0.4, 0.5) is 13.2 Å². The summed E-state index contributed by atoms with van der Waals surface area (Å²) >= 11 is 0. The van der Waals surface area contributed by atoms with Crippen molar-refractivity contribution in [1.82, 2.24) is 10.3 Å². The van der Waals surface area contributed by atoms with E-state index in [1.165, 1.54) is 12.1 Å². The molecule has 4 aromatic rings. The second kappa shape index (κ2) is 13.2. The van der Waals surface area contributed by atoms with E-state index in [0.717, 1.165) is 30.4 Å². The van der Waals surface area contributed by atoms with Crippen LogP contribution in [0.25, 0.3) is 10.9 Å². The number of nitrogens with one attached hydrogen (secondary N) is 2. The van der Waals surface area contributed by atoms with Crippen molar-refractivity contribution in [3.63, 3.8) is 0 Å². The summed E-state index contributed by atoms with van der Waals surface area (Å²) in [6, 6.07) is 24.9. The summed E-state index contributed by atoms with van der Waals surface area (Å²) in [6.07, 6.45) is -4.16. The molecule has 0 unspecified atom stereocenters. The Hall–Kier alpha value is -4.15. The van der Waals surface area contributed by atoms with Gasteiger partial charge in [0, 0.05) is 29.6 Å². The van der Waals surface area contributed by atoms with Gasteiger partial charge in [0.15, 0.2) is 0 Å². The number of fused-ring (bicyclic) bond motifs is 1. The summed E-state index contributed by atoms with van der Waals surface area (Å²) in [7, 11) is 0. The number of benzene rings is 3. The summed E-state index contributed by atoms with van der Waals surface area (Å²) in [6.45, 7) is 0.543. The van der Waals surface area contributed by atoms with Crippen molar-refractivity contribution in [2.45, 2.75) is 56.9 Å². The van der Waals surface area contributed by atoms with Gasteiger partial charge in [-0.1, -0.05) is 66.7 Å². The van der Waals surface area contributed by atoms with E-state index in [4.69, 9.17) is 14.2 Å². The maximum absolute atomic E-state index is 13.3. The van der Waals surface area contributed by atoms with Crippen molar-refractivity contribution in [2.24, 2.45) is 0 Å². The standard InChI is InChI=1S/C32H31F3N2O5/c33-32(34,35)31(39)42-28(18-36-25-12-7-13-26(25)40-19-21-8-3-1-4-9-21)23-14-16-27(30-24(23)15-17-29(38)37-30)41-20-22-10-5-2-6-11-22/h1-6,8-11,14-17,25-26,28,36H,7,12-13,18-20H2,(H,37,38)/t25-,26-,28+/m1/s1. The molecule has 0 spiro atoms. The maximum Gasteiger partial charge on any atom is 0.490 e. The number of H-pyrrole nitrogens is 1. The van der Waals surface area contributed by atoms with Crippen molar-refractivity contribution in [1.29, 1.82) is 0 Å². The Morgan fingerprint density at radius 1 is 0.905 bits per heavy atom. The van der Waals surface area contributed by atoms with Crippen LogP contribution in [0, 0.1) is 0 Å². The molecule has 10 heteroatoms. The van der Waals surface area contributed by atoms with Crippen LogP contribution in [-0.2, 0) is 27.5 Å². The van der Waals surface area contributed by atoms with Gasteiger partial charge in [0.1, 0.15) is 18.5 Å². The predicted molar refractivity (Wildman–Crippen MR) is 151 cm³/mol. The zero-order chi connectivity index (χ0) is 29.5. The summed E-state index contributed by atoms with van der Waals surface area (Å²) < 4.78 is 57.0. The fourth-order valence-electron chi connectivity index (χ4n) is 5.19. The highest BCUT2D eigenvalue weighted by molar-refractivity contribution is 5.88. The summed E-state index contributed by atoms with van der Waals surface area (Å²) in [5.74, 6) is -1.95. The van der Waals surface area contributed by atoms with Gasteiger partial charge in [0.05, 0.1) is 18.2 Å². The number of aromatic amines is 1. The third-order valence-electron chi connectivity index (χ3n) is 7.28. The summed E-state index contributed by atoms with van der Waals surface area (Å²) in [5.41, 5.74) is 2.12. The number of carbonyl (C=O) groups excluding carboxylic acids is 1. The molecule has 1 aliphatic carbocycles. The molecule has 1 heterocycles. The highest BCUT2D eigenvalue weighted by atomic mass is 19.4. The third kappa shape index (κ3) is 7.37. The Morgan fingerprint density at radius 3 is 2.29 bits per heavy atom. The lowest BCUT2D eigenvalue weighted by Gasteiger charge is -2.26. The molecule has 42 heavy (non-hydrogen) atoms. The lowest BCUT2D eigenvalue weighted by atomic mass is 10.0. The minimum absolute atomic E-state index is 0.0872. The number of rotatable bonds is 11. The number of ether oxygens (including phenoxy) is 3. The molecule has 5 rings (SSSR count). The first kappa shape index (κ1) is 29.3. The minimum Gasteiger partial charge on any atom is -0.487 e. The molecule has 1 saturated carbocycles. The van der Waals surface area contributed by atoms with Gasteiger partial charge < -0.3 is 24.5 Å². The van der Waals surface area contributed by atoms with Gasteiger partial charge in [0.25, 0.3) is 0 Å². The number of pyridine rings is 1. The molecule has 1 aromatic heterocycles. The van der Waals surface area contributed by atoms with Gasteiger partial charge >= 0.3 is 12.1 Å². The molecule has 1 fully saturated rings. The van der Waals surface area contributed by atoms with Crippen molar-refractivity contribution in [2.75, 3.05) is 6.54 Å². The minimum atomic E-state index is -5.17. The van der Waals surface area contributed by atoms with E-state index < -0.39 is 23.8 Å². The second-order valence-electron chi connectivity index (χ2n) is 10.2. The lowest BCUT2D eigenvalue weighted by molar-refractivity contribution is -0.205. The highest BCUT2D eigenvalue weighted by Gasteiger charge is 2.43. The predicted octanol–water partition coefficient (Wildman–Crippen LogP) is 5.98. The number of esters is 1. The van der Waals surface area contributed by atoms with Crippen LogP contribution in [0.5, 0.6) is 5.75 Å². The number of hydrogen-bond acceptors (Lipinski definition) is 6. The van der Waals surface area contributed by atoms with Crippen LogP contribution >= 0.6 is 0 Å². The molecule has 3 aromatic carbocycles. The van der Waals surface area contributed by atoms with E-state index in [2.05, 4.69) is 10.3 Å². The van der Waals surface area contributed by atoms with Gasteiger partial charge in [0.2, 0.25) is 5.56 Å². The topological polar surface area (TPSA) is 89.7 Å². The quantitative estimate of drug-likeness (QED) is 0.212. The van der Waals surface area contributed by atoms with Gasteiger partial charge in [-0.25, -0.2) is 4.79 Å². The van der Waals surface area contributed by atoms with E-state index in [1.807, 2.05) is 60.7 Å². The number of carbonyl (C=O) groups is 1. The molecule has 0 saturated heterocycles. The number of alkyl halides is 3. The Morgan fingerprint density at radius 2 is 1.60 bits per heavy atom. The van der Waals surface area contributed by atoms with Crippen molar-refractivity contribution in [3.8, 4) is 5.75 Å². The third-order valence-corrected chi connectivity index (χ3v) is 7.28. The SMILES string of the molecule is O=C(O[C@@H](CN[C@@H]1CCC[C@H]1OCc1ccccc1)c1ccc(OCc2ccccc2)c2[nH]c(=O)ccc12)C(F)(F)F. The molecule has 0 aliphatic heterocycles. The van der Waals surface area contributed by atoms with Gasteiger partial charge in [-0.2, -0.15) is 13.2 Å². The van der Waals surface area contributed by atoms with Crippen molar-refractivity contribution in [3.05, 3.63) is 112 Å². The molecular formula is C32H31F3N2O5. The molecule has 0 radical (unpaired) electrons. The second-order valence-corrected chi connectivity index (χ2v) is 10.2. The molecule has 3 atom stereocenters.